The van der Waals surface area contributed by atoms with Crippen molar-refractivity contribution in [1.29, 1.82) is 0 Å². The van der Waals surface area contributed by atoms with Crippen molar-refractivity contribution in [3.63, 3.8) is 0 Å². The second-order valence-electron chi connectivity index (χ2n) is 7.95. The summed E-state index contributed by atoms with van der Waals surface area (Å²) in [6.45, 7) is 4.56. The maximum atomic E-state index is 13.2. The molecule has 1 unspecified atom stereocenters. The molecule has 166 valence electrons. The van der Waals surface area contributed by atoms with E-state index in [0.29, 0.717) is 29.4 Å². The van der Waals surface area contributed by atoms with Crippen molar-refractivity contribution in [3.05, 3.63) is 53.1 Å². The number of imide groups is 1. The SMILES string of the molecule is COc1cccc([C@@]2(C)NC(=O)N(C[NH+](C)Cc3cc(OC)c(OC)cc3C)C2=O)c1. The fraction of sp³-hybridized carbons (Fsp3) is 0.391. The van der Waals surface area contributed by atoms with Gasteiger partial charge in [0.1, 0.15) is 17.8 Å². The summed E-state index contributed by atoms with van der Waals surface area (Å²) in [4.78, 5) is 28.2. The summed E-state index contributed by atoms with van der Waals surface area (Å²) in [5.41, 5.74) is 1.65. The van der Waals surface area contributed by atoms with Gasteiger partial charge in [0.25, 0.3) is 5.91 Å². The average molecular weight is 429 g/mol. The largest absolute Gasteiger partial charge is 0.497 e. The van der Waals surface area contributed by atoms with Gasteiger partial charge in [-0.1, -0.05) is 12.1 Å². The summed E-state index contributed by atoms with van der Waals surface area (Å²) < 4.78 is 16.0. The van der Waals surface area contributed by atoms with E-state index in [1.807, 2.05) is 32.2 Å². The summed E-state index contributed by atoms with van der Waals surface area (Å²) in [5.74, 6) is 1.67. The van der Waals surface area contributed by atoms with Gasteiger partial charge in [-0.05, 0) is 49.2 Å². The molecule has 3 amide bonds. The highest BCUT2D eigenvalue weighted by Gasteiger charge is 2.50. The molecule has 3 rings (SSSR count). The topological polar surface area (TPSA) is 81.5 Å². The van der Waals surface area contributed by atoms with Gasteiger partial charge in [-0.15, -0.1) is 0 Å². The Labute approximate surface area is 182 Å². The first-order chi connectivity index (χ1) is 14.7. The van der Waals surface area contributed by atoms with Gasteiger partial charge in [0, 0.05) is 5.56 Å². The number of carbonyl (C=O) groups is 2. The van der Waals surface area contributed by atoms with Crippen LogP contribution in [0.3, 0.4) is 0 Å². The summed E-state index contributed by atoms with van der Waals surface area (Å²) in [5, 5.41) is 2.84. The van der Waals surface area contributed by atoms with Crippen LogP contribution in [0, 0.1) is 6.92 Å². The molecule has 1 aliphatic heterocycles. The smallest absolute Gasteiger partial charge is 0.329 e. The molecular weight excluding hydrogens is 398 g/mol. The van der Waals surface area contributed by atoms with E-state index < -0.39 is 11.6 Å². The van der Waals surface area contributed by atoms with Crippen molar-refractivity contribution in [2.75, 3.05) is 35.0 Å². The van der Waals surface area contributed by atoms with Crippen LogP contribution < -0.4 is 24.4 Å². The van der Waals surface area contributed by atoms with E-state index in [0.717, 1.165) is 16.0 Å². The Morgan fingerprint density at radius 3 is 2.35 bits per heavy atom. The maximum Gasteiger partial charge on any atom is 0.329 e. The lowest BCUT2D eigenvalue weighted by Gasteiger charge is -2.24. The summed E-state index contributed by atoms with van der Waals surface area (Å²) in [7, 11) is 6.71. The van der Waals surface area contributed by atoms with Gasteiger partial charge in [-0.2, -0.15) is 0 Å². The monoisotopic (exact) mass is 428 g/mol. The number of carbonyl (C=O) groups excluding carboxylic acids is 2. The molecule has 0 radical (unpaired) electrons. The van der Waals surface area contributed by atoms with Gasteiger partial charge in [0.05, 0.1) is 28.4 Å². The molecular formula is C23H30N3O5+. The number of benzene rings is 2. The van der Waals surface area contributed by atoms with Crippen molar-refractivity contribution in [2.24, 2.45) is 0 Å². The predicted molar refractivity (Wildman–Crippen MR) is 115 cm³/mol. The molecule has 2 aromatic rings. The molecule has 8 heteroatoms. The lowest BCUT2D eigenvalue weighted by atomic mass is 9.92. The first-order valence-corrected chi connectivity index (χ1v) is 10.0. The molecule has 1 fully saturated rings. The molecule has 0 saturated carbocycles. The number of methoxy groups -OCH3 is 3. The molecule has 31 heavy (non-hydrogen) atoms. The number of quaternary nitrogens is 1. The van der Waals surface area contributed by atoms with Crippen LogP contribution in [0.5, 0.6) is 17.2 Å². The lowest BCUT2D eigenvalue weighted by molar-refractivity contribution is -0.901. The number of amides is 3. The third-order valence-electron chi connectivity index (χ3n) is 5.68. The standard InChI is InChI=1S/C23H29N3O5/c1-15-10-19(30-5)20(31-6)11-16(15)13-25(3)14-26-21(27)23(2,24-22(26)28)17-8-7-9-18(12-17)29-4/h7-12H,13-14H2,1-6H3,(H,24,28)/p+1/t23-/m1/s1. The van der Waals surface area contributed by atoms with Gasteiger partial charge < -0.3 is 24.4 Å². The second kappa shape index (κ2) is 8.85. The first-order valence-electron chi connectivity index (χ1n) is 10.0. The van der Waals surface area contributed by atoms with Gasteiger partial charge >= 0.3 is 6.03 Å². The Kier molecular flexibility index (Phi) is 6.40. The lowest BCUT2D eigenvalue weighted by Crippen LogP contribution is -3.09. The fourth-order valence-corrected chi connectivity index (χ4v) is 3.83. The number of urea groups is 1. The maximum absolute atomic E-state index is 13.2. The molecule has 0 aromatic heterocycles. The number of rotatable bonds is 8. The minimum atomic E-state index is -1.13. The molecule has 1 heterocycles. The number of hydrogen-bond donors (Lipinski definition) is 2. The molecule has 0 bridgehead atoms. The van der Waals surface area contributed by atoms with Crippen LogP contribution in [0.2, 0.25) is 0 Å². The van der Waals surface area contributed by atoms with Crippen LogP contribution in [0.25, 0.3) is 0 Å². The van der Waals surface area contributed by atoms with Crippen LogP contribution >= 0.6 is 0 Å². The molecule has 2 aromatic carbocycles. The number of ether oxygens (including phenoxy) is 3. The van der Waals surface area contributed by atoms with Gasteiger partial charge in [-0.25, -0.2) is 9.69 Å². The van der Waals surface area contributed by atoms with Crippen molar-refractivity contribution in [1.82, 2.24) is 10.2 Å². The van der Waals surface area contributed by atoms with Crippen LogP contribution in [0.4, 0.5) is 4.79 Å². The van der Waals surface area contributed by atoms with Crippen LogP contribution in [0.1, 0.15) is 23.6 Å². The van der Waals surface area contributed by atoms with Crippen LogP contribution in [0.15, 0.2) is 36.4 Å². The Morgan fingerprint density at radius 2 is 1.71 bits per heavy atom. The summed E-state index contributed by atoms with van der Waals surface area (Å²) >= 11 is 0. The highest BCUT2D eigenvalue weighted by molar-refractivity contribution is 6.07. The highest BCUT2D eigenvalue weighted by Crippen LogP contribution is 2.31. The molecule has 0 aliphatic carbocycles. The van der Waals surface area contributed by atoms with Crippen molar-refractivity contribution in [3.8, 4) is 17.2 Å². The van der Waals surface area contributed by atoms with Gasteiger partial charge in [0.15, 0.2) is 18.2 Å². The molecule has 1 aliphatic rings. The Morgan fingerprint density at radius 1 is 1.03 bits per heavy atom. The molecule has 2 N–H and O–H groups in total. The van der Waals surface area contributed by atoms with Crippen LogP contribution in [-0.4, -0.2) is 51.9 Å². The zero-order valence-electron chi connectivity index (χ0n) is 18.9. The quantitative estimate of drug-likeness (QED) is 0.623. The number of nitrogens with zero attached hydrogens (tertiary/aromatic N) is 1. The Balaban J connectivity index is 1.77. The summed E-state index contributed by atoms with van der Waals surface area (Å²) in [6.07, 6.45) is 0. The zero-order chi connectivity index (χ0) is 22.8. The Hall–Kier alpha value is -3.26. The minimum Gasteiger partial charge on any atom is -0.497 e. The molecule has 2 atom stereocenters. The number of hydrogen-bond acceptors (Lipinski definition) is 5. The first kappa shape index (κ1) is 22.4. The molecule has 8 nitrogen and oxygen atoms in total. The molecule has 1 saturated heterocycles. The highest BCUT2D eigenvalue weighted by atomic mass is 16.5. The number of aryl methyl sites for hydroxylation is 1. The second-order valence-corrected chi connectivity index (χ2v) is 7.95. The van der Waals surface area contributed by atoms with E-state index in [-0.39, 0.29) is 12.6 Å². The van der Waals surface area contributed by atoms with E-state index in [1.54, 1.807) is 46.5 Å². The van der Waals surface area contributed by atoms with E-state index in [4.69, 9.17) is 14.2 Å². The average Bonchev–Trinajstić information content (AvgIpc) is 2.98. The van der Waals surface area contributed by atoms with Gasteiger partial charge in [-0.3, -0.25) is 4.79 Å². The van der Waals surface area contributed by atoms with Gasteiger partial charge in [0.2, 0.25) is 0 Å². The van der Waals surface area contributed by atoms with E-state index in [2.05, 4.69) is 5.32 Å². The fourth-order valence-electron chi connectivity index (χ4n) is 3.83. The zero-order valence-corrected chi connectivity index (χ0v) is 18.9. The summed E-state index contributed by atoms with van der Waals surface area (Å²) in [6, 6.07) is 10.6. The minimum absolute atomic E-state index is 0.234. The van der Waals surface area contributed by atoms with E-state index in [1.165, 1.54) is 4.90 Å². The predicted octanol–water partition coefficient (Wildman–Crippen LogP) is 1.46. The van der Waals surface area contributed by atoms with Crippen molar-refractivity contribution < 1.29 is 28.7 Å². The van der Waals surface area contributed by atoms with Crippen LogP contribution in [-0.2, 0) is 16.9 Å². The van der Waals surface area contributed by atoms with E-state index >= 15 is 0 Å². The molecule has 0 spiro atoms. The normalized spacial score (nSPS) is 19.2. The Bertz CT molecular complexity index is 993. The third kappa shape index (κ3) is 4.29. The number of nitrogens with one attached hydrogen (secondary N) is 2. The van der Waals surface area contributed by atoms with Crippen molar-refractivity contribution in [2.45, 2.75) is 25.9 Å². The van der Waals surface area contributed by atoms with E-state index in [9.17, 15) is 9.59 Å². The third-order valence-corrected chi connectivity index (χ3v) is 5.68. The van der Waals surface area contributed by atoms with Crippen molar-refractivity contribution >= 4 is 11.9 Å².